The van der Waals surface area contributed by atoms with Crippen LogP contribution in [0.5, 0.6) is 5.75 Å². The van der Waals surface area contributed by atoms with Crippen LogP contribution in [0.2, 0.25) is 0 Å². The molecule has 0 fully saturated rings. The van der Waals surface area contributed by atoms with Crippen molar-refractivity contribution in [2.75, 3.05) is 11.9 Å². The second-order valence-electron chi connectivity index (χ2n) is 4.90. The van der Waals surface area contributed by atoms with Crippen LogP contribution in [-0.4, -0.2) is 21.7 Å². The quantitative estimate of drug-likeness (QED) is 0.671. The summed E-state index contributed by atoms with van der Waals surface area (Å²) >= 11 is 1.53. The predicted molar refractivity (Wildman–Crippen MR) is 89.4 cm³/mol. The molecule has 2 aromatic heterocycles. The number of nitrogens with zero attached hydrogens (tertiary/aromatic N) is 3. The maximum Gasteiger partial charge on any atom is 0.205 e. The SMILES string of the molecule is CCCCNc1nnc(COc2cccc3cccnc23)s1. The topological polar surface area (TPSA) is 59.9 Å². The van der Waals surface area contributed by atoms with E-state index in [0.717, 1.165) is 46.2 Å². The molecule has 3 rings (SSSR count). The van der Waals surface area contributed by atoms with Gasteiger partial charge in [-0.2, -0.15) is 0 Å². The van der Waals surface area contributed by atoms with E-state index >= 15 is 0 Å². The van der Waals surface area contributed by atoms with Gasteiger partial charge in [0.15, 0.2) is 5.01 Å². The van der Waals surface area contributed by atoms with E-state index in [1.807, 2.05) is 30.3 Å². The minimum absolute atomic E-state index is 0.406. The Morgan fingerprint density at radius 1 is 1.18 bits per heavy atom. The number of para-hydroxylation sites is 1. The predicted octanol–water partition coefficient (Wildman–Crippen LogP) is 3.88. The zero-order chi connectivity index (χ0) is 15.2. The Labute approximate surface area is 133 Å². The molecule has 1 aromatic carbocycles. The van der Waals surface area contributed by atoms with Gasteiger partial charge in [-0.3, -0.25) is 4.98 Å². The van der Waals surface area contributed by atoms with Crippen LogP contribution in [0.3, 0.4) is 0 Å². The summed E-state index contributed by atoms with van der Waals surface area (Å²) in [5, 5.41) is 14.3. The third-order valence-corrected chi connectivity index (χ3v) is 4.07. The minimum atomic E-state index is 0.406. The van der Waals surface area contributed by atoms with Crippen LogP contribution in [0.25, 0.3) is 10.9 Å². The molecule has 0 unspecified atom stereocenters. The first-order valence-electron chi connectivity index (χ1n) is 7.39. The molecule has 0 saturated heterocycles. The minimum Gasteiger partial charge on any atom is -0.484 e. The second kappa shape index (κ2) is 7.17. The Morgan fingerprint density at radius 3 is 3.00 bits per heavy atom. The molecule has 22 heavy (non-hydrogen) atoms. The molecule has 0 radical (unpaired) electrons. The molecule has 3 aromatic rings. The summed E-state index contributed by atoms with van der Waals surface area (Å²) in [5.41, 5.74) is 0.871. The highest BCUT2D eigenvalue weighted by Crippen LogP contribution is 2.24. The molecule has 0 aliphatic carbocycles. The fraction of sp³-hybridized carbons (Fsp3) is 0.312. The van der Waals surface area contributed by atoms with E-state index in [-0.39, 0.29) is 0 Å². The van der Waals surface area contributed by atoms with Gasteiger partial charge in [0.25, 0.3) is 0 Å². The van der Waals surface area contributed by atoms with Crippen molar-refractivity contribution in [3.05, 3.63) is 41.5 Å². The van der Waals surface area contributed by atoms with Crippen LogP contribution in [0.4, 0.5) is 5.13 Å². The first-order valence-corrected chi connectivity index (χ1v) is 8.21. The third-order valence-electron chi connectivity index (χ3n) is 3.22. The molecule has 6 heteroatoms. The Balaban J connectivity index is 1.64. The van der Waals surface area contributed by atoms with Crippen LogP contribution in [0, 0.1) is 0 Å². The number of nitrogens with one attached hydrogen (secondary N) is 1. The molecule has 0 bridgehead atoms. The Morgan fingerprint density at radius 2 is 2.09 bits per heavy atom. The highest BCUT2D eigenvalue weighted by molar-refractivity contribution is 7.15. The molecule has 0 atom stereocenters. The van der Waals surface area contributed by atoms with Crippen molar-refractivity contribution in [3.63, 3.8) is 0 Å². The molecule has 5 nitrogen and oxygen atoms in total. The highest BCUT2D eigenvalue weighted by atomic mass is 32.1. The number of fused-ring (bicyclic) bond motifs is 1. The van der Waals surface area contributed by atoms with Gasteiger partial charge in [-0.15, -0.1) is 10.2 Å². The number of hydrogen-bond donors (Lipinski definition) is 1. The third kappa shape index (κ3) is 3.51. The first kappa shape index (κ1) is 14.7. The number of pyridine rings is 1. The van der Waals surface area contributed by atoms with E-state index in [1.165, 1.54) is 11.3 Å². The summed E-state index contributed by atoms with van der Waals surface area (Å²) in [4.78, 5) is 4.38. The molecule has 0 aliphatic rings. The van der Waals surface area contributed by atoms with E-state index in [4.69, 9.17) is 4.74 Å². The maximum atomic E-state index is 5.86. The van der Waals surface area contributed by atoms with Gasteiger partial charge >= 0.3 is 0 Å². The summed E-state index contributed by atoms with van der Waals surface area (Å²) in [6.07, 6.45) is 4.07. The van der Waals surface area contributed by atoms with Crippen molar-refractivity contribution < 1.29 is 4.74 Å². The first-order chi connectivity index (χ1) is 10.9. The number of ether oxygens (including phenoxy) is 1. The summed E-state index contributed by atoms with van der Waals surface area (Å²) in [6.45, 7) is 3.50. The normalized spacial score (nSPS) is 10.8. The number of unbranched alkanes of at least 4 members (excludes halogenated alkanes) is 1. The van der Waals surface area contributed by atoms with Gasteiger partial charge in [-0.05, 0) is 18.6 Å². The largest absolute Gasteiger partial charge is 0.484 e. The molecule has 2 heterocycles. The summed E-state index contributed by atoms with van der Waals surface area (Å²) in [7, 11) is 0. The lowest BCUT2D eigenvalue weighted by molar-refractivity contribution is 0.307. The standard InChI is InChI=1S/C16H18N4OS/c1-2-3-9-18-16-20-19-14(22-16)11-21-13-8-4-6-12-7-5-10-17-15(12)13/h4-8,10H,2-3,9,11H2,1H3,(H,18,20). The lowest BCUT2D eigenvalue weighted by Crippen LogP contribution is -1.99. The molecule has 0 amide bonds. The van der Waals surface area contributed by atoms with Crippen LogP contribution >= 0.6 is 11.3 Å². The molecule has 0 saturated carbocycles. The van der Waals surface area contributed by atoms with Crippen molar-refractivity contribution in [1.82, 2.24) is 15.2 Å². The lowest BCUT2D eigenvalue weighted by Gasteiger charge is -2.06. The molecule has 0 spiro atoms. The van der Waals surface area contributed by atoms with Gasteiger partial charge in [0.2, 0.25) is 5.13 Å². The van der Waals surface area contributed by atoms with Gasteiger partial charge < -0.3 is 10.1 Å². The van der Waals surface area contributed by atoms with Crippen LogP contribution in [-0.2, 0) is 6.61 Å². The van der Waals surface area contributed by atoms with Gasteiger partial charge in [0.1, 0.15) is 17.9 Å². The van der Waals surface area contributed by atoms with Crippen LogP contribution in [0.1, 0.15) is 24.8 Å². The Kier molecular flexibility index (Phi) is 4.80. The molecular formula is C16H18N4OS. The van der Waals surface area contributed by atoms with Crippen LogP contribution < -0.4 is 10.1 Å². The van der Waals surface area contributed by atoms with Crippen molar-refractivity contribution in [2.45, 2.75) is 26.4 Å². The van der Waals surface area contributed by atoms with Crippen LogP contribution in [0.15, 0.2) is 36.5 Å². The Bertz CT molecular complexity index is 738. The van der Waals surface area contributed by atoms with Crippen molar-refractivity contribution in [2.24, 2.45) is 0 Å². The molecule has 1 N–H and O–H groups in total. The fourth-order valence-electron chi connectivity index (χ4n) is 2.09. The highest BCUT2D eigenvalue weighted by Gasteiger charge is 2.07. The zero-order valence-corrected chi connectivity index (χ0v) is 13.3. The maximum absolute atomic E-state index is 5.86. The van der Waals surface area contributed by atoms with Gasteiger partial charge in [0.05, 0.1) is 0 Å². The van der Waals surface area contributed by atoms with E-state index in [1.54, 1.807) is 6.20 Å². The van der Waals surface area contributed by atoms with Gasteiger partial charge in [-0.25, -0.2) is 0 Å². The summed E-state index contributed by atoms with van der Waals surface area (Å²) in [6, 6.07) is 9.87. The number of aromatic nitrogens is 3. The number of hydrogen-bond acceptors (Lipinski definition) is 6. The van der Waals surface area contributed by atoms with Crippen molar-refractivity contribution >= 4 is 27.4 Å². The number of anilines is 1. The molecule has 114 valence electrons. The summed E-state index contributed by atoms with van der Waals surface area (Å²) < 4.78 is 5.86. The van der Waals surface area contributed by atoms with Gasteiger partial charge in [0, 0.05) is 18.1 Å². The second-order valence-corrected chi connectivity index (χ2v) is 5.96. The van der Waals surface area contributed by atoms with E-state index in [2.05, 4.69) is 27.4 Å². The summed E-state index contributed by atoms with van der Waals surface area (Å²) in [5.74, 6) is 0.772. The average molecular weight is 314 g/mol. The van der Waals surface area contributed by atoms with Crippen molar-refractivity contribution in [1.29, 1.82) is 0 Å². The van der Waals surface area contributed by atoms with E-state index < -0.39 is 0 Å². The van der Waals surface area contributed by atoms with Crippen molar-refractivity contribution in [3.8, 4) is 5.75 Å². The zero-order valence-electron chi connectivity index (χ0n) is 12.5. The smallest absolute Gasteiger partial charge is 0.205 e. The number of benzene rings is 1. The van der Waals surface area contributed by atoms with Gasteiger partial charge in [-0.1, -0.05) is 42.9 Å². The lowest BCUT2D eigenvalue weighted by atomic mass is 10.2. The Hall–Kier alpha value is -2.21. The van der Waals surface area contributed by atoms with E-state index in [0.29, 0.717) is 6.61 Å². The average Bonchev–Trinajstić information content (AvgIpc) is 3.01. The number of rotatable bonds is 7. The van der Waals surface area contributed by atoms with E-state index in [9.17, 15) is 0 Å². The molecular weight excluding hydrogens is 296 g/mol. The monoisotopic (exact) mass is 314 g/mol. The molecule has 0 aliphatic heterocycles. The fourth-order valence-corrected chi connectivity index (χ4v) is 2.77.